The molecule has 5 fully saturated rings. The van der Waals surface area contributed by atoms with Crippen LogP contribution in [0.5, 0.6) is 0 Å². The summed E-state index contributed by atoms with van der Waals surface area (Å²) in [7, 11) is 0. The van der Waals surface area contributed by atoms with E-state index >= 15 is 0 Å². The Morgan fingerprint density at radius 2 is 1.59 bits per heavy atom. The molecule has 3 nitrogen and oxygen atoms in total. The van der Waals surface area contributed by atoms with Crippen molar-refractivity contribution >= 4 is 5.91 Å². The molecule has 4 saturated carbocycles. The van der Waals surface area contributed by atoms with E-state index in [1.807, 2.05) is 0 Å². The van der Waals surface area contributed by atoms with Gasteiger partial charge >= 0.3 is 0 Å². The van der Waals surface area contributed by atoms with Crippen LogP contribution >= 0.6 is 0 Å². The molecule has 1 unspecified atom stereocenters. The fourth-order valence-corrected chi connectivity index (χ4v) is 5.43. The number of nitrogens with two attached hydrogens (primary N) is 1. The van der Waals surface area contributed by atoms with E-state index in [0.29, 0.717) is 6.04 Å². The smallest absolute Gasteiger partial charge is 0.239 e. The molecule has 0 aromatic rings. The van der Waals surface area contributed by atoms with Crippen LogP contribution in [0.15, 0.2) is 0 Å². The number of carbonyl (C=O) groups is 1. The molecule has 0 aromatic heterocycles. The quantitative estimate of drug-likeness (QED) is 0.745. The van der Waals surface area contributed by atoms with Gasteiger partial charge in [-0.2, -0.15) is 0 Å². The second kappa shape index (κ2) is 3.47. The molecule has 17 heavy (non-hydrogen) atoms. The number of nitrogens with zero attached hydrogens (tertiary/aromatic N) is 1. The van der Waals surface area contributed by atoms with Crippen molar-refractivity contribution in [1.82, 2.24) is 4.90 Å². The van der Waals surface area contributed by atoms with E-state index in [0.717, 1.165) is 36.6 Å². The summed E-state index contributed by atoms with van der Waals surface area (Å²) in [4.78, 5) is 14.3. The molecule has 5 rings (SSSR count). The molecule has 2 N–H and O–H groups in total. The summed E-state index contributed by atoms with van der Waals surface area (Å²) < 4.78 is 0. The summed E-state index contributed by atoms with van der Waals surface area (Å²) >= 11 is 0. The summed E-state index contributed by atoms with van der Waals surface area (Å²) in [6.07, 6.45) is 7.90. The van der Waals surface area contributed by atoms with Gasteiger partial charge in [0.05, 0.1) is 6.04 Å². The maximum atomic E-state index is 12.1. The zero-order valence-electron chi connectivity index (χ0n) is 10.3. The molecule has 5 aliphatic rings. The van der Waals surface area contributed by atoms with Gasteiger partial charge in [-0.3, -0.25) is 4.79 Å². The Balaban J connectivity index is 1.60. The summed E-state index contributed by atoms with van der Waals surface area (Å²) in [6.45, 7) is 0.924. The molecular weight excluding hydrogens is 212 g/mol. The van der Waals surface area contributed by atoms with Gasteiger partial charge < -0.3 is 10.6 Å². The van der Waals surface area contributed by atoms with Crippen LogP contribution in [0.1, 0.15) is 38.5 Å². The Labute approximate surface area is 103 Å². The highest BCUT2D eigenvalue weighted by molar-refractivity contribution is 5.84. The van der Waals surface area contributed by atoms with Crippen molar-refractivity contribution < 1.29 is 4.79 Å². The summed E-state index contributed by atoms with van der Waals surface area (Å²) in [5, 5.41) is 0. The molecule has 1 saturated heterocycles. The molecule has 1 atom stereocenters. The van der Waals surface area contributed by atoms with E-state index in [2.05, 4.69) is 4.90 Å². The number of hydrogen-bond donors (Lipinski definition) is 1. The molecule has 0 aromatic carbocycles. The number of likely N-dealkylation sites (tertiary alicyclic amines) is 1. The van der Waals surface area contributed by atoms with Crippen LogP contribution in [0.4, 0.5) is 0 Å². The molecule has 4 bridgehead atoms. The minimum absolute atomic E-state index is 0.202. The highest BCUT2D eigenvalue weighted by Gasteiger charge is 2.52. The molecule has 94 valence electrons. The predicted molar refractivity (Wildman–Crippen MR) is 65.1 cm³/mol. The lowest BCUT2D eigenvalue weighted by molar-refractivity contribution is -0.139. The molecular formula is C14H22N2O. The van der Waals surface area contributed by atoms with Crippen LogP contribution in [-0.2, 0) is 4.79 Å². The number of rotatable bonds is 1. The van der Waals surface area contributed by atoms with Crippen molar-refractivity contribution in [1.29, 1.82) is 0 Å². The van der Waals surface area contributed by atoms with Crippen LogP contribution < -0.4 is 5.73 Å². The standard InChI is InChI=1S/C14H22N2O/c15-12-1-2-16(14(12)17)13-10-4-8-3-9(6-10)7-11(13)5-8/h8-13H,1-7,15H2. The Bertz CT molecular complexity index is 326. The number of hydrogen-bond acceptors (Lipinski definition) is 2. The molecule has 0 spiro atoms. The van der Waals surface area contributed by atoms with Gasteiger partial charge in [0.15, 0.2) is 0 Å². The highest BCUT2D eigenvalue weighted by atomic mass is 16.2. The number of carbonyl (C=O) groups excluding carboxylic acids is 1. The maximum absolute atomic E-state index is 12.1. The van der Waals surface area contributed by atoms with Gasteiger partial charge in [-0.05, 0) is 62.2 Å². The van der Waals surface area contributed by atoms with Gasteiger partial charge in [-0.15, -0.1) is 0 Å². The average molecular weight is 234 g/mol. The van der Waals surface area contributed by atoms with E-state index in [9.17, 15) is 4.79 Å². The van der Waals surface area contributed by atoms with Crippen LogP contribution in [-0.4, -0.2) is 29.4 Å². The fraction of sp³-hybridized carbons (Fsp3) is 0.929. The summed E-state index contributed by atoms with van der Waals surface area (Å²) in [6, 6.07) is 0.357. The molecule has 3 heteroatoms. The monoisotopic (exact) mass is 234 g/mol. The summed E-state index contributed by atoms with van der Waals surface area (Å²) in [5.74, 6) is 3.82. The van der Waals surface area contributed by atoms with Crippen LogP contribution in [0.25, 0.3) is 0 Å². The van der Waals surface area contributed by atoms with Gasteiger partial charge in [-0.1, -0.05) is 0 Å². The van der Waals surface area contributed by atoms with E-state index in [4.69, 9.17) is 5.73 Å². The maximum Gasteiger partial charge on any atom is 0.239 e. The van der Waals surface area contributed by atoms with Crippen LogP contribution in [0, 0.1) is 23.7 Å². The van der Waals surface area contributed by atoms with Gasteiger partial charge in [-0.25, -0.2) is 0 Å². The van der Waals surface area contributed by atoms with Crippen molar-refractivity contribution in [3.63, 3.8) is 0 Å². The lowest BCUT2D eigenvalue weighted by atomic mass is 9.54. The fourth-order valence-electron chi connectivity index (χ4n) is 5.43. The zero-order valence-corrected chi connectivity index (χ0v) is 10.3. The van der Waals surface area contributed by atoms with Gasteiger partial charge in [0.25, 0.3) is 0 Å². The largest absolute Gasteiger partial charge is 0.338 e. The Morgan fingerprint density at radius 1 is 1.00 bits per heavy atom. The lowest BCUT2D eigenvalue weighted by Crippen LogP contribution is -2.57. The first-order valence-corrected chi connectivity index (χ1v) is 7.28. The van der Waals surface area contributed by atoms with Crippen molar-refractivity contribution in [2.24, 2.45) is 29.4 Å². The third-order valence-corrected chi connectivity index (χ3v) is 5.82. The second-order valence-corrected chi connectivity index (χ2v) is 6.85. The van der Waals surface area contributed by atoms with Gasteiger partial charge in [0, 0.05) is 12.6 Å². The highest BCUT2D eigenvalue weighted by Crippen LogP contribution is 2.55. The average Bonchev–Trinajstić information content (AvgIpc) is 2.60. The van der Waals surface area contributed by atoms with E-state index in [1.165, 1.54) is 32.1 Å². The second-order valence-electron chi connectivity index (χ2n) is 6.85. The van der Waals surface area contributed by atoms with Crippen molar-refractivity contribution in [3.05, 3.63) is 0 Å². The topological polar surface area (TPSA) is 46.3 Å². The third kappa shape index (κ3) is 1.41. The molecule has 1 heterocycles. The Morgan fingerprint density at radius 3 is 2.06 bits per heavy atom. The number of amides is 1. The predicted octanol–water partition coefficient (Wildman–Crippen LogP) is 1.37. The molecule has 0 radical (unpaired) electrons. The van der Waals surface area contributed by atoms with Gasteiger partial charge in [0.2, 0.25) is 5.91 Å². The van der Waals surface area contributed by atoms with Gasteiger partial charge in [0.1, 0.15) is 0 Å². The molecule has 4 aliphatic carbocycles. The van der Waals surface area contributed by atoms with Crippen molar-refractivity contribution in [2.45, 2.75) is 50.6 Å². The van der Waals surface area contributed by atoms with Crippen molar-refractivity contribution in [2.75, 3.05) is 6.54 Å². The van der Waals surface area contributed by atoms with E-state index in [1.54, 1.807) is 0 Å². The van der Waals surface area contributed by atoms with E-state index in [-0.39, 0.29) is 11.9 Å². The van der Waals surface area contributed by atoms with Crippen LogP contribution in [0.2, 0.25) is 0 Å². The minimum Gasteiger partial charge on any atom is -0.338 e. The Hall–Kier alpha value is -0.570. The zero-order chi connectivity index (χ0) is 11.6. The lowest BCUT2D eigenvalue weighted by Gasteiger charge is -2.56. The third-order valence-electron chi connectivity index (χ3n) is 5.82. The normalized spacial score (nSPS) is 52.5. The first-order chi connectivity index (χ1) is 8.22. The van der Waals surface area contributed by atoms with E-state index < -0.39 is 0 Å². The molecule has 1 amide bonds. The summed E-state index contributed by atoms with van der Waals surface area (Å²) in [5.41, 5.74) is 5.87. The first-order valence-electron chi connectivity index (χ1n) is 7.28. The van der Waals surface area contributed by atoms with Crippen LogP contribution in [0.3, 0.4) is 0 Å². The Kier molecular flexibility index (Phi) is 2.11. The first kappa shape index (κ1) is 10.4. The minimum atomic E-state index is -0.202. The SMILES string of the molecule is NC1CCN(C2C3CC4CC(C3)CC2C4)C1=O. The molecule has 1 aliphatic heterocycles. The van der Waals surface area contributed by atoms with Crippen molar-refractivity contribution in [3.8, 4) is 0 Å².